The Morgan fingerprint density at radius 3 is 2.52 bits per heavy atom. The number of H-pyrrole nitrogens is 1. The van der Waals surface area contributed by atoms with Crippen LogP contribution in [0.4, 0.5) is 0 Å². The topological polar surface area (TPSA) is 77.2 Å². The number of fused-ring (bicyclic) bond motifs is 1. The van der Waals surface area contributed by atoms with Crippen LogP contribution >= 0.6 is 0 Å². The van der Waals surface area contributed by atoms with E-state index in [0.29, 0.717) is 12.1 Å². The first kappa shape index (κ1) is 20.9. The summed E-state index contributed by atoms with van der Waals surface area (Å²) in [6.07, 6.45) is 7.29. The second-order valence-corrected chi connectivity index (χ2v) is 7.83. The monoisotopic (exact) mass is 416 g/mol. The standard InChI is InChI=1S/C25H28N4O2/c30-24(19-9-3-1-4-10-19)28-23(17-20-18-27-22-12-6-5-11-21(20)22)25(31)26-13-16-29-14-7-2-8-15-29/h1,3-6,9-12,17-18,27H,2,7-8,13-16H2,(H,26,31)(H,28,30)/b23-17-. The molecule has 0 unspecified atom stereocenters. The summed E-state index contributed by atoms with van der Waals surface area (Å²) < 4.78 is 0. The molecule has 31 heavy (non-hydrogen) atoms. The smallest absolute Gasteiger partial charge is 0.267 e. The van der Waals surface area contributed by atoms with Gasteiger partial charge in [0.2, 0.25) is 0 Å². The number of hydrogen-bond acceptors (Lipinski definition) is 3. The molecule has 1 aliphatic heterocycles. The van der Waals surface area contributed by atoms with Crippen LogP contribution in [0.2, 0.25) is 0 Å². The van der Waals surface area contributed by atoms with E-state index < -0.39 is 0 Å². The number of amides is 2. The van der Waals surface area contributed by atoms with Crippen LogP contribution in [-0.2, 0) is 4.79 Å². The van der Waals surface area contributed by atoms with Gasteiger partial charge in [0.25, 0.3) is 11.8 Å². The number of benzene rings is 2. The molecule has 0 aliphatic carbocycles. The predicted molar refractivity (Wildman–Crippen MR) is 123 cm³/mol. The summed E-state index contributed by atoms with van der Waals surface area (Å²) in [5.41, 5.74) is 2.57. The predicted octanol–water partition coefficient (Wildman–Crippen LogP) is 3.54. The highest BCUT2D eigenvalue weighted by atomic mass is 16.2. The SMILES string of the molecule is O=C(NCCN1CCCCC1)/C(=C/c1c[nH]c2ccccc12)NC(=O)c1ccccc1. The summed E-state index contributed by atoms with van der Waals surface area (Å²) in [7, 11) is 0. The highest BCUT2D eigenvalue weighted by Crippen LogP contribution is 2.20. The lowest BCUT2D eigenvalue weighted by Crippen LogP contribution is -2.40. The second kappa shape index (κ2) is 10.1. The Balaban J connectivity index is 1.51. The molecule has 6 heteroatoms. The molecule has 1 aromatic heterocycles. The van der Waals surface area contributed by atoms with Crippen LogP contribution in [0.3, 0.4) is 0 Å². The van der Waals surface area contributed by atoms with Crippen molar-refractivity contribution in [3.05, 3.63) is 77.6 Å². The molecule has 2 amide bonds. The van der Waals surface area contributed by atoms with Crippen LogP contribution < -0.4 is 10.6 Å². The van der Waals surface area contributed by atoms with Gasteiger partial charge in [-0.3, -0.25) is 9.59 Å². The molecule has 0 bridgehead atoms. The van der Waals surface area contributed by atoms with Gasteiger partial charge in [-0.25, -0.2) is 0 Å². The molecule has 1 aliphatic rings. The number of carbonyl (C=O) groups is 2. The largest absolute Gasteiger partial charge is 0.361 e. The van der Waals surface area contributed by atoms with Gasteiger partial charge in [-0.2, -0.15) is 0 Å². The number of hydrogen-bond donors (Lipinski definition) is 3. The molecule has 2 heterocycles. The van der Waals surface area contributed by atoms with Crippen molar-refractivity contribution in [2.45, 2.75) is 19.3 Å². The number of nitrogens with one attached hydrogen (secondary N) is 3. The Morgan fingerprint density at radius 2 is 1.71 bits per heavy atom. The van der Waals surface area contributed by atoms with Gasteiger partial charge in [-0.05, 0) is 50.2 Å². The molecule has 160 valence electrons. The Bertz CT molecular complexity index is 1070. The first-order valence-corrected chi connectivity index (χ1v) is 10.9. The van der Waals surface area contributed by atoms with Crippen molar-refractivity contribution in [3.8, 4) is 0 Å². The molecule has 0 spiro atoms. The summed E-state index contributed by atoms with van der Waals surface area (Å²) in [5, 5.41) is 6.78. The highest BCUT2D eigenvalue weighted by molar-refractivity contribution is 6.06. The molecular weight excluding hydrogens is 388 g/mol. The van der Waals surface area contributed by atoms with Crippen molar-refractivity contribution in [2.24, 2.45) is 0 Å². The maximum Gasteiger partial charge on any atom is 0.267 e. The van der Waals surface area contributed by atoms with Gasteiger partial charge in [0, 0.05) is 41.3 Å². The first-order chi connectivity index (χ1) is 15.2. The molecule has 1 fully saturated rings. The lowest BCUT2D eigenvalue weighted by atomic mass is 10.1. The molecule has 0 saturated carbocycles. The normalized spacial score (nSPS) is 15.0. The summed E-state index contributed by atoms with van der Waals surface area (Å²) >= 11 is 0. The number of aromatic nitrogens is 1. The van der Waals surface area contributed by atoms with Crippen LogP contribution in [0.1, 0.15) is 35.2 Å². The maximum absolute atomic E-state index is 13.0. The molecule has 0 atom stereocenters. The van der Waals surface area contributed by atoms with Crippen molar-refractivity contribution in [1.29, 1.82) is 0 Å². The van der Waals surface area contributed by atoms with E-state index >= 15 is 0 Å². The zero-order valence-electron chi connectivity index (χ0n) is 17.6. The van der Waals surface area contributed by atoms with Crippen LogP contribution in [0.25, 0.3) is 17.0 Å². The van der Waals surface area contributed by atoms with E-state index in [4.69, 9.17) is 0 Å². The van der Waals surface area contributed by atoms with E-state index in [9.17, 15) is 9.59 Å². The minimum absolute atomic E-state index is 0.234. The van der Waals surface area contributed by atoms with Crippen molar-refractivity contribution in [1.82, 2.24) is 20.5 Å². The lowest BCUT2D eigenvalue weighted by Gasteiger charge is -2.26. The fourth-order valence-corrected chi connectivity index (χ4v) is 3.92. The number of aromatic amines is 1. The van der Waals surface area contributed by atoms with Gasteiger partial charge >= 0.3 is 0 Å². The van der Waals surface area contributed by atoms with Gasteiger partial charge in [-0.1, -0.05) is 42.8 Å². The Morgan fingerprint density at radius 1 is 0.968 bits per heavy atom. The third-order valence-electron chi connectivity index (χ3n) is 5.61. The van der Waals surface area contributed by atoms with Gasteiger partial charge in [-0.15, -0.1) is 0 Å². The highest BCUT2D eigenvalue weighted by Gasteiger charge is 2.16. The van der Waals surface area contributed by atoms with E-state index in [-0.39, 0.29) is 17.5 Å². The van der Waals surface area contributed by atoms with Crippen molar-refractivity contribution in [3.63, 3.8) is 0 Å². The molecule has 1 saturated heterocycles. The van der Waals surface area contributed by atoms with Gasteiger partial charge in [0.1, 0.15) is 5.70 Å². The van der Waals surface area contributed by atoms with Crippen molar-refractivity contribution in [2.75, 3.05) is 26.2 Å². The minimum Gasteiger partial charge on any atom is -0.361 e. The Kier molecular flexibility index (Phi) is 6.79. The number of rotatable bonds is 7. The zero-order valence-corrected chi connectivity index (χ0v) is 17.6. The van der Waals surface area contributed by atoms with E-state index in [2.05, 4.69) is 20.5 Å². The maximum atomic E-state index is 13.0. The molecule has 3 aromatic rings. The van der Waals surface area contributed by atoms with E-state index in [1.54, 1.807) is 30.3 Å². The molecule has 4 rings (SSSR count). The molecule has 2 aromatic carbocycles. The van der Waals surface area contributed by atoms with E-state index in [0.717, 1.165) is 36.1 Å². The summed E-state index contributed by atoms with van der Waals surface area (Å²) in [4.78, 5) is 31.3. The Labute approximate surface area is 182 Å². The van der Waals surface area contributed by atoms with E-state index in [1.165, 1.54) is 19.3 Å². The fourth-order valence-electron chi connectivity index (χ4n) is 3.92. The number of para-hydroxylation sites is 1. The third-order valence-corrected chi connectivity index (χ3v) is 5.61. The second-order valence-electron chi connectivity index (χ2n) is 7.83. The third kappa shape index (κ3) is 5.41. The Hall–Kier alpha value is -3.38. The molecule has 6 nitrogen and oxygen atoms in total. The summed E-state index contributed by atoms with van der Waals surface area (Å²) in [6.45, 7) is 3.53. The average molecular weight is 417 g/mol. The minimum atomic E-state index is -0.308. The number of nitrogens with zero attached hydrogens (tertiary/aromatic N) is 1. The molecule has 0 radical (unpaired) electrons. The zero-order chi connectivity index (χ0) is 21.5. The van der Waals surface area contributed by atoms with Gasteiger partial charge in [0.15, 0.2) is 0 Å². The van der Waals surface area contributed by atoms with Crippen LogP contribution in [0.15, 0.2) is 66.5 Å². The lowest BCUT2D eigenvalue weighted by molar-refractivity contribution is -0.117. The van der Waals surface area contributed by atoms with Crippen molar-refractivity contribution < 1.29 is 9.59 Å². The summed E-state index contributed by atoms with van der Waals surface area (Å²) in [6, 6.07) is 16.8. The average Bonchev–Trinajstić information content (AvgIpc) is 3.22. The number of carbonyl (C=O) groups excluding carboxylic acids is 2. The van der Waals surface area contributed by atoms with Crippen LogP contribution in [-0.4, -0.2) is 47.9 Å². The summed E-state index contributed by atoms with van der Waals surface area (Å²) in [5.74, 6) is -0.593. The van der Waals surface area contributed by atoms with Crippen LogP contribution in [0.5, 0.6) is 0 Å². The van der Waals surface area contributed by atoms with Gasteiger partial charge < -0.3 is 20.5 Å². The number of likely N-dealkylation sites (tertiary alicyclic amines) is 1. The molecule has 3 N–H and O–H groups in total. The number of piperidine rings is 1. The van der Waals surface area contributed by atoms with Crippen LogP contribution in [0, 0.1) is 0 Å². The van der Waals surface area contributed by atoms with Crippen molar-refractivity contribution >= 4 is 28.8 Å². The fraction of sp³-hybridized carbons (Fsp3) is 0.280. The van der Waals surface area contributed by atoms with E-state index in [1.807, 2.05) is 36.5 Å². The first-order valence-electron chi connectivity index (χ1n) is 10.9. The quantitative estimate of drug-likeness (QED) is 0.516. The molecular formula is C25H28N4O2. The van der Waals surface area contributed by atoms with Gasteiger partial charge in [0.05, 0.1) is 0 Å².